The van der Waals surface area contributed by atoms with Gasteiger partial charge in [0, 0.05) is 45.9 Å². The highest BCUT2D eigenvalue weighted by atomic mass is 19.1. The first-order valence-electron chi connectivity index (χ1n) is 10.5. The van der Waals surface area contributed by atoms with Crippen molar-refractivity contribution < 1.29 is 14.2 Å². The van der Waals surface area contributed by atoms with E-state index in [9.17, 15) is 9.50 Å². The molecule has 2 aromatic carbocycles. The number of benzene rings is 2. The van der Waals surface area contributed by atoms with E-state index in [2.05, 4.69) is 25.1 Å². The lowest BCUT2D eigenvalue weighted by Gasteiger charge is -2.05. The highest BCUT2D eigenvalue weighted by molar-refractivity contribution is 6.01. The van der Waals surface area contributed by atoms with Crippen LogP contribution in [0.2, 0.25) is 0 Å². The first kappa shape index (κ1) is 19.9. The third kappa shape index (κ3) is 3.32. The second-order valence-corrected chi connectivity index (χ2v) is 7.96. The van der Waals surface area contributed by atoms with Crippen molar-refractivity contribution in [1.82, 2.24) is 25.1 Å². The Labute approximate surface area is 192 Å². The Morgan fingerprint density at radius 1 is 0.912 bits per heavy atom. The topological polar surface area (TPSA) is 99.7 Å². The Morgan fingerprint density at radius 2 is 1.79 bits per heavy atom. The third-order valence-electron chi connectivity index (χ3n) is 5.82. The fourth-order valence-corrected chi connectivity index (χ4v) is 4.22. The van der Waals surface area contributed by atoms with Gasteiger partial charge in [-0.05, 0) is 47.5 Å². The number of nitrogens with one attached hydrogen (secondary N) is 2. The predicted molar refractivity (Wildman–Crippen MR) is 128 cm³/mol. The summed E-state index contributed by atoms with van der Waals surface area (Å²) in [6, 6.07) is 15.7. The van der Waals surface area contributed by atoms with Gasteiger partial charge < -0.3 is 14.8 Å². The standard InChI is InChI=1S/C26H18FN5O2/c1-34-19-7-15(11-28-13-19)16-8-22-25(31-32-26(22)29-12-16)24-10-21-20(3-2-4-23(21)30-24)14-5-17(27)9-18(33)6-14/h2-13,30,33H,1H3,(H,29,31,32). The van der Waals surface area contributed by atoms with Gasteiger partial charge in [-0.15, -0.1) is 0 Å². The third-order valence-corrected chi connectivity index (χ3v) is 5.82. The molecule has 8 heteroatoms. The van der Waals surface area contributed by atoms with E-state index in [0.717, 1.165) is 50.4 Å². The Bertz CT molecular complexity index is 1670. The minimum Gasteiger partial charge on any atom is -0.508 e. The quantitative estimate of drug-likeness (QED) is 0.320. The molecule has 0 aliphatic rings. The van der Waals surface area contributed by atoms with E-state index >= 15 is 0 Å². The van der Waals surface area contributed by atoms with Gasteiger partial charge in [0.15, 0.2) is 5.65 Å². The molecule has 6 rings (SSSR count). The molecule has 6 aromatic rings. The number of hydrogen-bond acceptors (Lipinski definition) is 5. The SMILES string of the molecule is COc1cncc(-c2cnc3n[nH]c(-c4cc5c(-c6cc(O)cc(F)c6)cccc5[nH]4)c3c2)c1. The maximum Gasteiger partial charge on any atom is 0.181 e. The summed E-state index contributed by atoms with van der Waals surface area (Å²) in [4.78, 5) is 12.2. The lowest BCUT2D eigenvalue weighted by atomic mass is 10.0. The molecule has 0 saturated carbocycles. The van der Waals surface area contributed by atoms with Crippen LogP contribution in [0, 0.1) is 5.82 Å². The van der Waals surface area contributed by atoms with Crippen LogP contribution in [0.25, 0.3) is 55.6 Å². The molecule has 0 unspecified atom stereocenters. The van der Waals surface area contributed by atoms with Crippen molar-refractivity contribution in [2.24, 2.45) is 0 Å². The Morgan fingerprint density at radius 3 is 2.65 bits per heavy atom. The first-order chi connectivity index (χ1) is 16.6. The molecule has 0 saturated heterocycles. The predicted octanol–water partition coefficient (Wildman–Crippen LogP) is 5.69. The van der Waals surface area contributed by atoms with E-state index in [1.807, 2.05) is 36.4 Å². The van der Waals surface area contributed by atoms with Crippen molar-refractivity contribution in [3.63, 3.8) is 0 Å². The molecule has 0 aliphatic carbocycles. The van der Waals surface area contributed by atoms with E-state index in [-0.39, 0.29) is 5.75 Å². The molecular weight excluding hydrogens is 433 g/mol. The van der Waals surface area contributed by atoms with Gasteiger partial charge in [0.1, 0.15) is 17.3 Å². The molecule has 0 amide bonds. The molecule has 0 spiro atoms. The summed E-state index contributed by atoms with van der Waals surface area (Å²) in [5.74, 6) is 0.0532. The molecular formula is C26H18FN5O2. The molecule has 34 heavy (non-hydrogen) atoms. The number of aromatic amines is 2. The maximum atomic E-state index is 13.9. The number of halogens is 1. The number of phenols is 1. The maximum absolute atomic E-state index is 13.9. The van der Waals surface area contributed by atoms with E-state index in [0.29, 0.717) is 17.0 Å². The van der Waals surface area contributed by atoms with Crippen molar-refractivity contribution in [2.45, 2.75) is 0 Å². The van der Waals surface area contributed by atoms with E-state index in [1.54, 1.807) is 31.8 Å². The minimum atomic E-state index is -0.493. The van der Waals surface area contributed by atoms with Crippen molar-refractivity contribution in [3.8, 4) is 45.1 Å². The normalized spacial score (nSPS) is 11.4. The van der Waals surface area contributed by atoms with Crippen LogP contribution in [0.3, 0.4) is 0 Å². The number of phenolic OH excluding ortho intramolecular Hbond substituents is 1. The van der Waals surface area contributed by atoms with Crippen LogP contribution in [-0.2, 0) is 0 Å². The zero-order valence-electron chi connectivity index (χ0n) is 18.0. The lowest BCUT2D eigenvalue weighted by Crippen LogP contribution is -1.87. The highest BCUT2D eigenvalue weighted by Crippen LogP contribution is 2.36. The number of nitrogens with zero attached hydrogens (tertiary/aromatic N) is 3. The van der Waals surface area contributed by atoms with Gasteiger partial charge in [0.2, 0.25) is 0 Å². The number of rotatable bonds is 4. The summed E-state index contributed by atoms with van der Waals surface area (Å²) in [7, 11) is 1.60. The number of aromatic nitrogens is 5. The summed E-state index contributed by atoms with van der Waals surface area (Å²) in [5.41, 5.74) is 6.22. The van der Waals surface area contributed by atoms with Gasteiger partial charge in [-0.2, -0.15) is 5.10 Å². The average Bonchev–Trinajstić information content (AvgIpc) is 3.46. The van der Waals surface area contributed by atoms with Crippen LogP contribution < -0.4 is 4.74 Å². The minimum absolute atomic E-state index is 0.118. The smallest absolute Gasteiger partial charge is 0.181 e. The van der Waals surface area contributed by atoms with Crippen LogP contribution in [-0.4, -0.2) is 37.4 Å². The average molecular weight is 451 g/mol. The number of H-pyrrole nitrogens is 2. The second-order valence-electron chi connectivity index (χ2n) is 7.96. The summed E-state index contributed by atoms with van der Waals surface area (Å²) >= 11 is 0. The molecule has 0 aliphatic heterocycles. The first-order valence-corrected chi connectivity index (χ1v) is 10.5. The van der Waals surface area contributed by atoms with Gasteiger partial charge in [-0.25, -0.2) is 9.37 Å². The highest BCUT2D eigenvalue weighted by Gasteiger charge is 2.15. The van der Waals surface area contributed by atoms with Crippen LogP contribution in [0.15, 0.2) is 73.2 Å². The van der Waals surface area contributed by atoms with Crippen molar-refractivity contribution in [2.75, 3.05) is 7.11 Å². The van der Waals surface area contributed by atoms with Crippen molar-refractivity contribution in [3.05, 3.63) is 79.0 Å². The molecule has 7 nitrogen and oxygen atoms in total. The van der Waals surface area contributed by atoms with Crippen LogP contribution in [0.1, 0.15) is 0 Å². The zero-order chi connectivity index (χ0) is 23.2. The van der Waals surface area contributed by atoms with Crippen molar-refractivity contribution in [1.29, 1.82) is 0 Å². The monoisotopic (exact) mass is 451 g/mol. The van der Waals surface area contributed by atoms with Gasteiger partial charge in [-0.1, -0.05) is 12.1 Å². The number of methoxy groups -OCH3 is 1. The van der Waals surface area contributed by atoms with Gasteiger partial charge in [0.25, 0.3) is 0 Å². The van der Waals surface area contributed by atoms with E-state index < -0.39 is 5.82 Å². The molecule has 0 bridgehead atoms. The molecule has 4 heterocycles. The zero-order valence-corrected chi connectivity index (χ0v) is 18.0. The second kappa shape index (κ2) is 7.70. The Hall–Kier alpha value is -4.72. The molecule has 0 fully saturated rings. The summed E-state index contributed by atoms with van der Waals surface area (Å²) in [6.45, 7) is 0. The fourth-order valence-electron chi connectivity index (χ4n) is 4.22. The van der Waals surface area contributed by atoms with Crippen LogP contribution in [0.5, 0.6) is 11.5 Å². The van der Waals surface area contributed by atoms with Crippen molar-refractivity contribution >= 4 is 21.9 Å². The number of hydrogen-bond donors (Lipinski definition) is 3. The van der Waals surface area contributed by atoms with Gasteiger partial charge in [-0.3, -0.25) is 10.1 Å². The summed E-state index contributed by atoms with van der Waals surface area (Å²) < 4.78 is 19.2. The number of fused-ring (bicyclic) bond motifs is 2. The molecule has 166 valence electrons. The Balaban J connectivity index is 1.49. The van der Waals surface area contributed by atoms with Gasteiger partial charge in [0.05, 0.1) is 24.7 Å². The van der Waals surface area contributed by atoms with E-state index in [4.69, 9.17) is 4.74 Å². The van der Waals surface area contributed by atoms with Crippen LogP contribution >= 0.6 is 0 Å². The van der Waals surface area contributed by atoms with Gasteiger partial charge >= 0.3 is 0 Å². The number of ether oxygens (including phenoxy) is 1. The summed E-state index contributed by atoms with van der Waals surface area (Å²) in [5, 5.41) is 19.1. The number of pyridine rings is 2. The van der Waals surface area contributed by atoms with Crippen LogP contribution in [0.4, 0.5) is 4.39 Å². The largest absolute Gasteiger partial charge is 0.508 e. The number of aromatic hydroxyl groups is 1. The molecule has 0 atom stereocenters. The summed E-state index contributed by atoms with van der Waals surface area (Å²) in [6.07, 6.45) is 5.16. The fraction of sp³-hybridized carbons (Fsp3) is 0.0385. The molecule has 3 N–H and O–H groups in total. The van der Waals surface area contributed by atoms with E-state index in [1.165, 1.54) is 6.07 Å². The Kier molecular flexibility index (Phi) is 4.51. The molecule has 4 aromatic heterocycles. The lowest BCUT2D eigenvalue weighted by molar-refractivity contribution is 0.413. The molecule has 0 radical (unpaired) electrons.